The van der Waals surface area contributed by atoms with Gasteiger partial charge in [-0.05, 0) is 40.7 Å². The molecule has 7 atom stereocenters. The third-order valence-corrected chi connectivity index (χ3v) is 6.46. The lowest BCUT2D eigenvalue weighted by Crippen LogP contribution is -2.65. The molecule has 0 saturated carbocycles. The number of hydrogen-bond acceptors (Lipinski definition) is 6. The first-order chi connectivity index (χ1) is 13.3. The van der Waals surface area contributed by atoms with E-state index in [1.165, 1.54) is 0 Å². The van der Waals surface area contributed by atoms with Crippen molar-refractivity contribution in [3.63, 3.8) is 0 Å². The lowest BCUT2D eigenvalue weighted by Gasteiger charge is -2.42. The van der Waals surface area contributed by atoms with Crippen LogP contribution >= 0.6 is 0 Å². The van der Waals surface area contributed by atoms with Crippen molar-refractivity contribution in [1.82, 2.24) is 26.6 Å². The summed E-state index contributed by atoms with van der Waals surface area (Å²) in [4.78, 5) is 25.3. The first kappa shape index (κ1) is 20.8. The minimum atomic E-state index is -0.271. The molecular weight excluding hydrogens is 356 g/mol. The molecule has 28 heavy (non-hydrogen) atoms. The van der Waals surface area contributed by atoms with E-state index >= 15 is 0 Å². The van der Waals surface area contributed by atoms with Gasteiger partial charge in [-0.2, -0.15) is 5.26 Å². The maximum Gasteiger partial charge on any atom is 0.247 e. The molecule has 0 radical (unpaired) electrons. The summed E-state index contributed by atoms with van der Waals surface area (Å²) in [6.45, 7) is 9.57. The van der Waals surface area contributed by atoms with Crippen LogP contribution in [-0.4, -0.2) is 61.2 Å². The molecule has 3 aliphatic heterocycles. The predicted octanol–water partition coefficient (Wildman–Crippen LogP) is -0.464. The van der Waals surface area contributed by atoms with Crippen molar-refractivity contribution in [2.45, 2.75) is 76.8 Å². The lowest BCUT2D eigenvalue weighted by molar-refractivity contribution is -0.124. The number of piperidine rings is 1. The van der Waals surface area contributed by atoms with E-state index < -0.39 is 0 Å². The Hall–Kier alpha value is -1.95. The smallest absolute Gasteiger partial charge is 0.247 e. The van der Waals surface area contributed by atoms with Crippen LogP contribution in [0.3, 0.4) is 0 Å². The average molecular weight is 389 g/mol. The summed E-state index contributed by atoms with van der Waals surface area (Å²) >= 11 is 0. The number of carbonyl (C=O) groups excluding carboxylic acids is 2. The van der Waals surface area contributed by atoms with Crippen molar-refractivity contribution in [2.24, 2.45) is 5.92 Å². The van der Waals surface area contributed by atoms with Crippen LogP contribution in [0.2, 0.25) is 0 Å². The van der Waals surface area contributed by atoms with E-state index in [0.717, 1.165) is 18.5 Å². The lowest BCUT2D eigenvalue weighted by atomic mass is 9.76. The molecule has 3 aliphatic rings. The van der Waals surface area contributed by atoms with Crippen LogP contribution in [-0.2, 0) is 9.59 Å². The van der Waals surface area contributed by atoms with Gasteiger partial charge in [-0.25, -0.2) is 0 Å². The fourth-order valence-corrected chi connectivity index (χ4v) is 4.90. The standard InChI is InChI=1S/C20H32N6O2/c1-10-15(20(28)26-16-5-6-22-11(2)18(10)16)7-17(27)24-13(4)19-12(3)23-9-14(8-21)25-19/h11-14,16,18-19,22-23,25H,5-7,9H2,1-4H3,(H,24,27)(H,26,28). The number of rotatable bonds is 4. The van der Waals surface area contributed by atoms with Crippen LogP contribution < -0.4 is 26.6 Å². The van der Waals surface area contributed by atoms with Gasteiger partial charge in [0, 0.05) is 48.2 Å². The minimum absolute atomic E-state index is 0.0513. The van der Waals surface area contributed by atoms with Gasteiger partial charge in [-0.3, -0.25) is 14.9 Å². The van der Waals surface area contributed by atoms with Crippen LogP contribution in [0.5, 0.6) is 0 Å². The van der Waals surface area contributed by atoms with Gasteiger partial charge in [0.25, 0.3) is 0 Å². The van der Waals surface area contributed by atoms with Gasteiger partial charge in [0.1, 0.15) is 6.04 Å². The van der Waals surface area contributed by atoms with Crippen LogP contribution in [0.25, 0.3) is 0 Å². The minimum Gasteiger partial charge on any atom is -0.352 e. The highest BCUT2D eigenvalue weighted by molar-refractivity contribution is 6.00. The van der Waals surface area contributed by atoms with E-state index in [9.17, 15) is 9.59 Å². The molecule has 154 valence electrons. The number of nitriles is 1. The number of nitrogens with zero attached hydrogens (tertiary/aromatic N) is 1. The van der Waals surface area contributed by atoms with Crippen LogP contribution in [0.15, 0.2) is 11.1 Å². The van der Waals surface area contributed by atoms with Gasteiger partial charge in [0.2, 0.25) is 11.8 Å². The highest BCUT2D eigenvalue weighted by atomic mass is 16.2. The van der Waals surface area contributed by atoms with E-state index in [1.54, 1.807) is 0 Å². The average Bonchev–Trinajstić information content (AvgIpc) is 2.65. The van der Waals surface area contributed by atoms with Crippen LogP contribution in [0.1, 0.15) is 40.5 Å². The summed E-state index contributed by atoms with van der Waals surface area (Å²) < 4.78 is 0. The Bertz CT molecular complexity index is 699. The fourth-order valence-electron chi connectivity index (χ4n) is 4.90. The van der Waals surface area contributed by atoms with E-state index in [1.807, 2.05) is 20.8 Å². The number of amides is 2. The van der Waals surface area contributed by atoms with Gasteiger partial charge in [-0.1, -0.05) is 5.57 Å². The Balaban J connectivity index is 1.66. The Kier molecular flexibility index (Phi) is 6.38. The van der Waals surface area contributed by atoms with Crippen molar-refractivity contribution in [3.8, 4) is 6.07 Å². The maximum absolute atomic E-state index is 12.7. The summed E-state index contributed by atoms with van der Waals surface area (Å²) in [6.07, 6.45) is 0.987. The molecule has 2 fully saturated rings. The molecule has 3 rings (SSSR count). The Morgan fingerprint density at radius 3 is 2.79 bits per heavy atom. The highest BCUT2D eigenvalue weighted by Crippen LogP contribution is 2.32. The number of nitrogens with one attached hydrogen (secondary N) is 5. The summed E-state index contributed by atoms with van der Waals surface area (Å²) in [5, 5.41) is 25.3. The van der Waals surface area contributed by atoms with Crippen LogP contribution in [0, 0.1) is 17.2 Å². The molecule has 3 heterocycles. The van der Waals surface area contributed by atoms with Crippen molar-refractivity contribution < 1.29 is 9.59 Å². The predicted molar refractivity (Wildman–Crippen MR) is 106 cm³/mol. The van der Waals surface area contributed by atoms with E-state index in [4.69, 9.17) is 5.26 Å². The monoisotopic (exact) mass is 388 g/mol. The Morgan fingerprint density at radius 2 is 2.07 bits per heavy atom. The Morgan fingerprint density at radius 1 is 1.32 bits per heavy atom. The van der Waals surface area contributed by atoms with Crippen LogP contribution in [0.4, 0.5) is 0 Å². The van der Waals surface area contributed by atoms with Gasteiger partial charge in [0.15, 0.2) is 0 Å². The zero-order valence-electron chi connectivity index (χ0n) is 17.1. The molecule has 8 nitrogen and oxygen atoms in total. The van der Waals surface area contributed by atoms with Gasteiger partial charge < -0.3 is 21.3 Å². The third-order valence-electron chi connectivity index (χ3n) is 6.46. The molecule has 0 aromatic heterocycles. The second kappa shape index (κ2) is 8.60. The molecular formula is C20H32N6O2. The second-order valence-electron chi connectivity index (χ2n) is 8.40. The van der Waals surface area contributed by atoms with Gasteiger partial charge in [-0.15, -0.1) is 0 Å². The molecule has 5 N–H and O–H groups in total. The topological polar surface area (TPSA) is 118 Å². The summed E-state index contributed by atoms with van der Waals surface area (Å²) in [5.74, 6) is -0.0572. The molecule has 8 heteroatoms. The Labute approximate surface area is 166 Å². The van der Waals surface area contributed by atoms with Crippen molar-refractivity contribution in [1.29, 1.82) is 5.26 Å². The highest BCUT2D eigenvalue weighted by Gasteiger charge is 2.39. The first-order valence-corrected chi connectivity index (χ1v) is 10.2. The molecule has 2 saturated heterocycles. The number of fused-ring (bicyclic) bond motifs is 1. The first-order valence-electron chi connectivity index (χ1n) is 10.2. The molecule has 2 amide bonds. The second-order valence-corrected chi connectivity index (χ2v) is 8.40. The zero-order valence-corrected chi connectivity index (χ0v) is 17.1. The molecule has 7 unspecified atom stereocenters. The summed E-state index contributed by atoms with van der Waals surface area (Å²) in [5.41, 5.74) is 1.60. The maximum atomic E-state index is 12.7. The quantitative estimate of drug-likeness (QED) is 0.445. The SMILES string of the molecule is CC1=C(CC(=O)NC(C)C2NC(C#N)CNC2C)C(=O)NC2CCNC(C)C12. The van der Waals surface area contributed by atoms with Crippen molar-refractivity contribution in [2.75, 3.05) is 13.1 Å². The van der Waals surface area contributed by atoms with E-state index in [0.29, 0.717) is 12.1 Å². The fraction of sp³-hybridized carbons (Fsp3) is 0.750. The normalized spacial score (nSPS) is 36.8. The zero-order chi connectivity index (χ0) is 20.4. The van der Waals surface area contributed by atoms with Gasteiger partial charge in [0.05, 0.1) is 12.5 Å². The summed E-state index contributed by atoms with van der Waals surface area (Å²) in [7, 11) is 0. The van der Waals surface area contributed by atoms with E-state index in [2.05, 4.69) is 39.6 Å². The molecule has 0 aromatic carbocycles. The molecule has 0 aromatic rings. The number of hydrogen-bond donors (Lipinski definition) is 5. The number of piperazine rings is 1. The van der Waals surface area contributed by atoms with Crippen molar-refractivity contribution >= 4 is 11.8 Å². The summed E-state index contributed by atoms with van der Waals surface area (Å²) in [6, 6.07) is 2.29. The third kappa shape index (κ3) is 4.22. The van der Waals surface area contributed by atoms with E-state index in [-0.39, 0.29) is 60.4 Å². The molecule has 0 aliphatic carbocycles. The van der Waals surface area contributed by atoms with Crippen molar-refractivity contribution in [3.05, 3.63) is 11.1 Å². The molecule has 0 bridgehead atoms. The molecule has 0 spiro atoms. The van der Waals surface area contributed by atoms with Gasteiger partial charge >= 0.3 is 0 Å². The largest absolute Gasteiger partial charge is 0.352 e. The number of carbonyl (C=O) groups is 2.